The second-order valence-corrected chi connectivity index (χ2v) is 7.04. The van der Waals surface area contributed by atoms with Gasteiger partial charge in [-0.15, -0.1) is 0 Å². The van der Waals surface area contributed by atoms with Crippen molar-refractivity contribution in [2.24, 2.45) is 17.6 Å². The molecule has 0 amide bonds. The Morgan fingerprint density at radius 3 is 1.95 bits per heavy atom. The standard InChI is InChI=1S/C16H27BrN2/c1-11(2)9-19(10-12(3)4)14-6-7-15(13(5)18)16(17)8-14/h6-8,11-13H,9-10,18H2,1-5H3/t13-/m1/s1. The monoisotopic (exact) mass is 326 g/mol. The van der Waals surface area contributed by atoms with Gasteiger partial charge in [0.15, 0.2) is 0 Å². The smallest absolute Gasteiger partial charge is 0.0377 e. The van der Waals surface area contributed by atoms with Crippen molar-refractivity contribution in [2.75, 3.05) is 18.0 Å². The van der Waals surface area contributed by atoms with Gasteiger partial charge in [0, 0.05) is 29.3 Å². The Balaban J connectivity index is 2.98. The maximum absolute atomic E-state index is 5.96. The van der Waals surface area contributed by atoms with E-state index < -0.39 is 0 Å². The number of hydrogen-bond donors (Lipinski definition) is 1. The van der Waals surface area contributed by atoms with Gasteiger partial charge in [0.2, 0.25) is 0 Å². The molecule has 0 aliphatic rings. The van der Waals surface area contributed by atoms with E-state index in [1.165, 1.54) is 5.69 Å². The van der Waals surface area contributed by atoms with Crippen LogP contribution in [0.25, 0.3) is 0 Å². The lowest BCUT2D eigenvalue weighted by molar-refractivity contribution is 0.552. The predicted molar refractivity (Wildman–Crippen MR) is 88.6 cm³/mol. The molecule has 1 aromatic carbocycles. The van der Waals surface area contributed by atoms with E-state index in [2.05, 4.69) is 66.7 Å². The Bertz CT molecular complexity index is 390. The Hall–Kier alpha value is -0.540. The number of halogens is 1. The SMILES string of the molecule is CC(C)CN(CC(C)C)c1ccc([C@@H](C)N)c(Br)c1. The minimum absolute atomic E-state index is 0.0621. The zero-order valence-electron chi connectivity index (χ0n) is 12.8. The summed E-state index contributed by atoms with van der Waals surface area (Å²) < 4.78 is 1.11. The average Bonchev–Trinajstić information content (AvgIpc) is 2.26. The molecule has 0 aliphatic carbocycles. The van der Waals surface area contributed by atoms with Crippen molar-refractivity contribution in [1.29, 1.82) is 0 Å². The molecule has 0 unspecified atom stereocenters. The second-order valence-electron chi connectivity index (χ2n) is 6.19. The topological polar surface area (TPSA) is 29.3 Å². The lowest BCUT2D eigenvalue weighted by atomic mass is 10.1. The summed E-state index contributed by atoms with van der Waals surface area (Å²) in [7, 11) is 0. The molecule has 1 rings (SSSR count). The van der Waals surface area contributed by atoms with Gasteiger partial charge in [0.1, 0.15) is 0 Å². The number of anilines is 1. The minimum Gasteiger partial charge on any atom is -0.371 e. The highest BCUT2D eigenvalue weighted by atomic mass is 79.9. The summed E-state index contributed by atoms with van der Waals surface area (Å²) in [6.07, 6.45) is 0. The summed E-state index contributed by atoms with van der Waals surface area (Å²) in [6.45, 7) is 13.2. The molecule has 1 aromatic rings. The molecule has 3 heteroatoms. The molecule has 1 atom stereocenters. The number of benzene rings is 1. The first-order valence-electron chi connectivity index (χ1n) is 7.11. The second kappa shape index (κ2) is 7.30. The first-order valence-corrected chi connectivity index (χ1v) is 7.90. The van der Waals surface area contributed by atoms with Crippen LogP contribution in [0.1, 0.15) is 46.2 Å². The van der Waals surface area contributed by atoms with Gasteiger partial charge in [-0.2, -0.15) is 0 Å². The lowest BCUT2D eigenvalue weighted by Crippen LogP contribution is -2.31. The van der Waals surface area contributed by atoms with Crippen LogP contribution >= 0.6 is 15.9 Å². The molecule has 0 bridgehead atoms. The van der Waals surface area contributed by atoms with Gasteiger partial charge in [-0.05, 0) is 36.5 Å². The fourth-order valence-electron chi connectivity index (χ4n) is 2.25. The fraction of sp³-hybridized carbons (Fsp3) is 0.625. The normalized spacial score (nSPS) is 13.1. The van der Waals surface area contributed by atoms with Gasteiger partial charge < -0.3 is 10.6 Å². The van der Waals surface area contributed by atoms with Crippen molar-refractivity contribution in [3.63, 3.8) is 0 Å². The third-order valence-electron chi connectivity index (χ3n) is 3.01. The molecule has 108 valence electrons. The molecular weight excluding hydrogens is 300 g/mol. The van der Waals surface area contributed by atoms with Crippen molar-refractivity contribution in [1.82, 2.24) is 0 Å². The van der Waals surface area contributed by atoms with Gasteiger partial charge in [0.25, 0.3) is 0 Å². The van der Waals surface area contributed by atoms with E-state index >= 15 is 0 Å². The van der Waals surface area contributed by atoms with E-state index in [0.717, 1.165) is 23.1 Å². The summed E-state index contributed by atoms with van der Waals surface area (Å²) >= 11 is 3.64. The van der Waals surface area contributed by atoms with Crippen LogP contribution in [-0.2, 0) is 0 Å². The summed E-state index contributed by atoms with van der Waals surface area (Å²) in [5, 5.41) is 0. The van der Waals surface area contributed by atoms with Crippen LogP contribution in [0, 0.1) is 11.8 Å². The molecule has 0 radical (unpaired) electrons. The third kappa shape index (κ3) is 5.15. The summed E-state index contributed by atoms with van der Waals surface area (Å²) in [5.41, 5.74) is 8.40. The number of hydrogen-bond acceptors (Lipinski definition) is 2. The Morgan fingerprint density at radius 1 is 1.05 bits per heavy atom. The van der Waals surface area contributed by atoms with Crippen LogP contribution < -0.4 is 10.6 Å². The molecular formula is C16H27BrN2. The fourth-order valence-corrected chi connectivity index (χ4v) is 2.98. The quantitative estimate of drug-likeness (QED) is 0.828. The number of nitrogens with two attached hydrogens (primary N) is 1. The average molecular weight is 327 g/mol. The van der Waals surface area contributed by atoms with E-state index in [9.17, 15) is 0 Å². The number of nitrogens with zero attached hydrogens (tertiary/aromatic N) is 1. The van der Waals surface area contributed by atoms with E-state index in [1.54, 1.807) is 0 Å². The van der Waals surface area contributed by atoms with Crippen LogP contribution in [0.2, 0.25) is 0 Å². The molecule has 2 nitrogen and oxygen atoms in total. The van der Waals surface area contributed by atoms with Gasteiger partial charge in [0.05, 0.1) is 0 Å². The maximum atomic E-state index is 5.96. The summed E-state index contributed by atoms with van der Waals surface area (Å²) in [6, 6.07) is 6.59. The van der Waals surface area contributed by atoms with E-state index in [4.69, 9.17) is 5.73 Å². The van der Waals surface area contributed by atoms with Gasteiger partial charge in [-0.1, -0.05) is 49.7 Å². The molecule has 0 saturated heterocycles. The van der Waals surface area contributed by atoms with E-state index in [-0.39, 0.29) is 6.04 Å². The summed E-state index contributed by atoms with van der Waals surface area (Å²) in [5.74, 6) is 1.32. The van der Waals surface area contributed by atoms with Crippen LogP contribution in [0.15, 0.2) is 22.7 Å². The molecule has 0 saturated carbocycles. The van der Waals surface area contributed by atoms with Crippen molar-refractivity contribution in [3.8, 4) is 0 Å². The minimum atomic E-state index is 0.0621. The van der Waals surface area contributed by atoms with Crippen molar-refractivity contribution < 1.29 is 0 Å². The molecule has 0 aliphatic heterocycles. The Labute approximate surface area is 126 Å². The van der Waals surface area contributed by atoms with Crippen LogP contribution in [0.3, 0.4) is 0 Å². The Morgan fingerprint density at radius 2 is 1.58 bits per heavy atom. The van der Waals surface area contributed by atoms with Crippen LogP contribution in [0.4, 0.5) is 5.69 Å². The van der Waals surface area contributed by atoms with Crippen LogP contribution in [0.5, 0.6) is 0 Å². The number of rotatable bonds is 6. The summed E-state index contributed by atoms with van der Waals surface area (Å²) in [4.78, 5) is 2.46. The van der Waals surface area contributed by atoms with Crippen molar-refractivity contribution in [2.45, 2.75) is 40.7 Å². The zero-order chi connectivity index (χ0) is 14.6. The first kappa shape index (κ1) is 16.5. The molecule has 2 N–H and O–H groups in total. The molecule has 0 fully saturated rings. The highest BCUT2D eigenvalue weighted by Gasteiger charge is 2.13. The molecule has 0 aromatic heterocycles. The first-order chi connectivity index (χ1) is 8.81. The Kier molecular flexibility index (Phi) is 6.34. The third-order valence-corrected chi connectivity index (χ3v) is 3.70. The maximum Gasteiger partial charge on any atom is 0.0377 e. The van der Waals surface area contributed by atoms with Crippen molar-refractivity contribution >= 4 is 21.6 Å². The van der Waals surface area contributed by atoms with E-state index in [0.29, 0.717) is 11.8 Å². The highest BCUT2D eigenvalue weighted by Crippen LogP contribution is 2.28. The van der Waals surface area contributed by atoms with Crippen LogP contribution in [-0.4, -0.2) is 13.1 Å². The van der Waals surface area contributed by atoms with Gasteiger partial charge in [-0.25, -0.2) is 0 Å². The lowest BCUT2D eigenvalue weighted by Gasteiger charge is -2.29. The van der Waals surface area contributed by atoms with Gasteiger partial charge >= 0.3 is 0 Å². The van der Waals surface area contributed by atoms with Crippen molar-refractivity contribution in [3.05, 3.63) is 28.2 Å². The largest absolute Gasteiger partial charge is 0.371 e. The predicted octanol–water partition coefficient (Wildman–Crippen LogP) is 4.59. The molecule has 0 spiro atoms. The van der Waals surface area contributed by atoms with E-state index in [1.807, 2.05) is 6.92 Å². The van der Waals surface area contributed by atoms with Gasteiger partial charge in [-0.3, -0.25) is 0 Å². The zero-order valence-corrected chi connectivity index (χ0v) is 14.4. The molecule has 19 heavy (non-hydrogen) atoms. The molecule has 0 heterocycles. The highest BCUT2D eigenvalue weighted by molar-refractivity contribution is 9.10.